The Morgan fingerprint density at radius 1 is 1.31 bits per heavy atom. The Labute approximate surface area is 198 Å². The van der Waals surface area contributed by atoms with Gasteiger partial charge in [-0.2, -0.15) is 0 Å². The van der Waals surface area contributed by atoms with Crippen molar-refractivity contribution in [1.82, 2.24) is 15.2 Å². The van der Waals surface area contributed by atoms with E-state index < -0.39 is 30.1 Å². The molecule has 0 unspecified atom stereocenters. The average molecular weight is 483 g/mol. The van der Waals surface area contributed by atoms with Gasteiger partial charge in [-0.1, -0.05) is 38.1 Å². The first-order valence-electron chi connectivity index (χ1n) is 10.4. The molecule has 5 N–H and O–H groups in total. The number of hydrogen-bond donors (Lipinski definition) is 4. The number of rotatable bonds is 7. The summed E-state index contributed by atoms with van der Waals surface area (Å²) in [5.41, 5.74) is 10.5. The first kappa shape index (κ1) is 26.2. The van der Waals surface area contributed by atoms with E-state index in [1.165, 1.54) is 4.90 Å². The highest BCUT2D eigenvalue weighted by molar-refractivity contribution is 7.13. The van der Waals surface area contributed by atoms with Gasteiger partial charge in [0.05, 0.1) is 40.9 Å². The van der Waals surface area contributed by atoms with Crippen molar-refractivity contribution in [3.63, 3.8) is 0 Å². The zero-order chi connectivity index (χ0) is 22.7. The van der Waals surface area contributed by atoms with Crippen LogP contribution in [0.5, 0.6) is 0 Å². The molecule has 1 aliphatic rings. The van der Waals surface area contributed by atoms with Crippen molar-refractivity contribution in [1.29, 1.82) is 0 Å². The maximum atomic E-state index is 13.0. The molecule has 3 rings (SSSR count). The van der Waals surface area contributed by atoms with Crippen LogP contribution in [0.25, 0.3) is 10.4 Å². The molecule has 0 bridgehead atoms. The van der Waals surface area contributed by atoms with Crippen LogP contribution >= 0.6 is 23.7 Å². The standard InChI is InChI=1S/C22H30N4O4S.ClH/c1-12(2)19(23)22(30)26-9-16(28)8-18(26)21(29)25-17(10-27)14-4-6-15(7-5-14)20-13(3)24-11-31-20;/h4-7,11-12,16-19,27-28H,8-10,23H2,1-3H3,(H,25,29);1H/t16-,17+,18+,19+;/m1./s1. The number of hydrogen-bond acceptors (Lipinski definition) is 7. The first-order valence-corrected chi connectivity index (χ1v) is 11.3. The van der Waals surface area contributed by atoms with Crippen molar-refractivity contribution in [2.24, 2.45) is 11.7 Å². The third kappa shape index (κ3) is 5.65. The molecular weight excluding hydrogens is 452 g/mol. The minimum atomic E-state index is -0.819. The highest BCUT2D eigenvalue weighted by atomic mass is 35.5. The maximum Gasteiger partial charge on any atom is 0.243 e. The van der Waals surface area contributed by atoms with Crippen LogP contribution in [0, 0.1) is 12.8 Å². The molecule has 8 nitrogen and oxygen atoms in total. The fourth-order valence-corrected chi connectivity index (χ4v) is 4.54. The topological polar surface area (TPSA) is 129 Å². The Hall–Kier alpha value is -2.04. The van der Waals surface area contributed by atoms with E-state index in [4.69, 9.17) is 5.73 Å². The van der Waals surface area contributed by atoms with Crippen LogP contribution in [-0.2, 0) is 9.59 Å². The number of aliphatic hydroxyl groups excluding tert-OH is 2. The van der Waals surface area contributed by atoms with Crippen LogP contribution in [0.3, 0.4) is 0 Å². The number of benzene rings is 1. The SMILES string of the molecule is Cc1ncsc1-c1ccc([C@H](CO)NC(=O)[C@@H]2C[C@@H](O)CN2C(=O)[C@@H](N)C(C)C)cc1.Cl. The summed E-state index contributed by atoms with van der Waals surface area (Å²) in [5.74, 6) is -0.848. The lowest BCUT2D eigenvalue weighted by atomic mass is 10.0. The summed E-state index contributed by atoms with van der Waals surface area (Å²) in [4.78, 5) is 32.4. The molecule has 176 valence electrons. The van der Waals surface area contributed by atoms with Crippen LogP contribution in [0.1, 0.15) is 37.6 Å². The maximum absolute atomic E-state index is 13.0. The molecule has 0 saturated carbocycles. The molecule has 2 amide bonds. The van der Waals surface area contributed by atoms with E-state index in [2.05, 4.69) is 10.3 Å². The predicted octanol–water partition coefficient (Wildman–Crippen LogP) is 1.64. The first-order chi connectivity index (χ1) is 14.7. The molecule has 1 aliphatic heterocycles. The lowest BCUT2D eigenvalue weighted by Crippen LogP contribution is -2.53. The number of likely N-dealkylation sites (tertiary alicyclic amines) is 1. The molecule has 2 aromatic rings. The molecule has 4 atom stereocenters. The number of aromatic nitrogens is 1. The van der Waals surface area contributed by atoms with Crippen molar-refractivity contribution < 1.29 is 19.8 Å². The van der Waals surface area contributed by atoms with Gasteiger partial charge < -0.3 is 26.2 Å². The summed E-state index contributed by atoms with van der Waals surface area (Å²) in [5, 5.41) is 22.8. The molecule has 0 radical (unpaired) electrons. The molecule has 32 heavy (non-hydrogen) atoms. The van der Waals surface area contributed by atoms with Crippen molar-refractivity contribution in [3.8, 4) is 10.4 Å². The molecule has 1 saturated heterocycles. The normalized spacial score (nSPS) is 20.0. The largest absolute Gasteiger partial charge is 0.394 e. The van der Waals surface area contributed by atoms with E-state index in [1.54, 1.807) is 16.8 Å². The highest BCUT2D eigenvalue weighted by Gasteiger charge is 2.41. The number of aliphatic hydroxyl groups is 2. The summed E-state index contributed by atoms with van der Waals surface area (Å²) in [7, 11) is 0. The van der Waals surface area contributed by atoms with Gasteiger partial charge in [-0.05, 0) is 24.0 Å². The zero-order valence-electron chi connectivity index (χ0n) is 18.4. The number of amides is 2. The molecular formula is C22H31ClN4O4S. The number of β-amino-alcohol motifs (C(OH)–C–C–N with tert-alkyl or cyclic N) is 1. The summed E-state index contributed by atoms with van der Waals surface area (Å²) in [6.45, 7) is 5.40. The quantitative estimate of drug-likeness (QED) is 0.474. The number of halogens is 1. The van der Waals surface area contributed by atoms with E-state index in [0.717, 1.165) is 21.7 Å². The van der Waals surface area contributed by atoms with Crippen molar-refractivity contribution in [3.05, 3.63) is 41.0 Å². The monoisotopic (exact) mass is 482 g/mol. The fraction of sp³-hybridized carbons (Fsp3) is 0.500. The number of aryl methyl sites for hydroxylation is 1. The fourth-order valence-electron chi connectivity index (χ4n) is 3.73. The van der Waals surface area contributed by atoms with Crippen LogP contribution in [-0.4, -0.2) is 63.3 Å². The van der Waals surface area contributed by atoms with Crippen molar-refractivity contribution >= 4 is 35.6 Å². The van der Waals surface area contributed by atoms with Crippen molar-refractivity contribution in [2.75, 3.05) is 13.2 Å². The third-order valence-electron chi connectivity index (χ3n) is 5.69. The summed E-state index contributed by atoms with van der Waals surface area (Å²) < 4.78 is 0. The highest BCUT2D eigenvalue weighted by Crippen LogP contribution is 2.28. The summed E-state index contributed by atoms with van der Waals surface area (Å²) >= 11 is 1.56. The Morgan fingerprint density at radius 2 is 1.97 bits per heavy atom. The average Bonchev–Trinajstić information content (AvgIpc) is 3.36. The Morgan fingerprint density at radius 3 is 2.50 bits per heavy atom. The second-order valence-electron chi connectivity index (χ2n) is 8.30. The predicted molar refractivity (Wildman–Crippen MR) is 126 cm³/mol. The van der Waals surface area contributed by atoms with E-state index in [9.17, 15) is 19.8 Å². The minimum Gasteiger partial charge on any atom is -0.394 e. The van der Waals surface area contributed by atoms with Gasteiger partial charge >= 0.3 is 0 Å². The Bertz CT molecular complexity index is 921. The number of thiazole rings is 1. The van der Waals surface area contributed by atoms with Gasteiger partial charge in [-0.15, -0.1) is 23.7 Å². The van der Waals surface area contributed by atoms with Crippen LogP contribution in [0.15, 0.2) is 29.8 Å². The van der Waals surface area contributed by atoms with E-state index in [0.29, 0.717) is 0 Å². The van der Waals surface area contributed by atoms with E-state index >= 15 is 0 Å². The lowest BCUT2D eigenvalue weighted by Gasteiger charge is -2.29. The van der Waals surface area contributed by atoms with E-state index in [-0.39, 0.29) is 43.8 Å². The number of nitrogens with one attached hydrogen (secondary N) is 1. The molecule has 1 aromatic heterocycles. The van der Waals surface area contributed by atoms with Gasteiger partial charge in [0.2, 0.25) is 11.8 Å². The molecule has 0 aliphatic carbocycles. The lowest BCUT2D eigenvalue weighted by molar-refractivity contribution is -0.140. The Balaban J connectivity index is 0.00000363. The van der Waals surface area contributed by atoms with Crippen LogP contribution in [0.2, 0.25) is 0 Å². The summed E-state index contributed by atoms with van der Waals surface area (Å²) in [6.07, 6.45) is -0.641. The van der Waals surface area contributed by atoms with Crippen molar-refractivity contribution in [2.45, 2.75) is 51.4 Å². The molecule has 1 fully saturated rings. The molecule has 10 heteroatoms. The van der Waals surface area contributed by atoms with Crippen LogP contribution < -0.4 is 11.1 Å². The van der Waals surface area contributed by atoms with Gasteiger partial charge in [-0.25, -0.2) is 4.98 Å². The number of carbonyl (C=O) groups is 2. The van der Waals surface area contributed by atoms with Gasteiger partial charge in [0.25, 0.3) is 0 Å². The number of nitrogens with zero attached hydrogens (tertiary/aromatic N) is 2. The number of carbonyl (C=O) groups excluding carboxylic acids is 2. The summed E-state index contributed by atoms with van der Waals surface area (Å²) in [6, 6.07) is 5.39. The van der Waals surface area contributed by atoms with E-state index in [1.807, 2.05) is 45.0 Å². The van der Waals surface area contributed by atoms with Gasteiger partial charge in [0, 0.05) is 13.0 Å². The molecule has 0 spiro atoms. The van der Waals surface area contributed by atoms with Crippen LogP contribution in [0.4, 0.5) is 0 Å². The molecule has 1 aromatic carbocycles. The van der Waals surface area contributed by atoms with Gasteiger partial charge in [0.1, 0.15) is 6.04 Å². The second-order valence-corrected chi connectivity index (χ2v) is 9.15. The van der Waals surface area contributed by atoms with Gasteiger partial charge in [-0.3, -0.25) is 9.59 Å². The minimum absolute atomic E-state index is 0. The Kier molecular flexibility index (Phi) is 9.18. The zero-order valence-corrected chi connectivity index (χ0v) is 20.0. The number of nitrogens with two attached hydrogens (primary N) is 1. The van der Waals surface area contributed by atoms with Gasteiger partial charge in [0.15, 0.2) is 0 Å². The molecule has 2 heterocycles. The smallest absolute Gasteiger partial charge is 0.243 e. The third-order valence-corrected chi connectivity index (χ3v) is 6.67. The second kappa shape index (κ2) is 11.2.